The van der Waals surface area contributed by atoms with Crippen molar-refractivity contribution in [1.82, 2.24) is 9.97 Å². The number of halogens is 2. The van der Waals surface area contributed by atoms with Gasteiger partial charge in [-0.3, -0.25) is 4.79 Å². The van der Waals surface area contributed by atoms with Crippen molar-refractivity contribution in [1.29, 1.82) is 0 Å². The van der Waals surface area contributed by atoms with Crippen LogP contribution in [-0.4, -0.2) is 21.6 Å². The fourth-order valence-electron chi connectivity index (χ4n) is 1.90. The lowest BCUT2D eigenvalue weighted by Crippen LogP contribution is -2.13. The number of carbonyl (C=O) groups is 1. The lowest BCUT2D eigenvalue weighted by atomic mass is 10.3. The molecule has 22 heavy (non-hydrogen) atoms. The van der Waals surface area contributed by atoms with E-state index in [4.69, 9.17) is 0 Å². The maximum Gasteiger partial charge on any atom is 0.234 e. The Morgan fingerprint density at radius 1 is 1.18 bits per heavy atom. The van der Waals surface area contributed by atoms with Crippen LogP contribution in [0.25, 0.3) is 11.0 Å². The smallest absolute Gasteiger partial charge is 0.234 e. The van der Waals surface area contributed by atoms with E-state index in [0.29, 0.717) is 21.9 Å². The molecule has 0 fully saturated rings. The Morgan fingerprint density at radius 3 is 2.68 bits per heavy atom. The molecule has 0 atom stereocenters. The van der Waals surface area contributed by atoms with E-state index in [1.54, 1.807) is 12.1 Å². The average molecular weight is 319 g/mol. The number of para-hydroxylation sites is 1. The predicted molar refractivity (Wildman–Crippen MR) is 81.8 cm³/mol. The van der Waals surface area contributed by atoms with Crippen LogP contribution in [0.15, 0.2) is 47.6 Å². The van der Waals surface area contributed by atoms with Gasteiger partial charge in [0.05, 0.1) is 16.8 Å². The third-order valence-electron chi connectivity index (χ3n) is 2.90. The molecule has 0 radical (unpaired) electrons. The highest BCUT2D eigenvalue weighted by molar-refractivity contribution is 7.99. The van der Waals surface area contributed by atoms with E-state index < -0.39 is 11.6 Å². The van der Waals surface area contributed by atoms with Gasteiger partial charge in [-0.2, -0.15) is 0 Å². The standard InChI is InChI=1S/C15H11F2N3OS/c16-10-6-12-13(7-11(10)17)20-15(19-12)22-8-14(21)18-9-4-2-1-3-5-9/h1-7H,8H2,(H,18,21)(H,19,20). The van der Waals surface area contributed by atoms with Crippen LogP contribution in [0.5, 0.6) is 0 Å². The molecule has 0 saturated heterocycles. The fourth-order valence-corrected chi connectivity index (χ4v) is 2.59. The summed E-state index contributed by atoms with van der Waals surface area (Å²) < 4.78 is 26.2. The molecular weight excluding hydrogens is 308 g/mol. The van der Waals surface area contributed by atoms with Gasteiger partial charge < -0.3 is 10.3 Å². The minimum atomic E-state index is -0.947. The number of amides is 1. The lowest BCUT2D eigenvalue weighted by Gasteiger charge is -2.03. The van der Waals surface area contributed by atoms with Gasteiger partial charge in [0, 0.05) is 17.8 Å². The van der Waals surface area contributed by atoms with Crippen molar-refractivity contribution in [2.24, 2.45) is 0 Å². The first kappa shape index (κ1) is 14.5. The van der Waals surface area contributed by atoms with Crippen molar-refractivity contribution < 1.29 is 13.6 Å². The van der Waals surface area contributed by atoms with Crippen LogP contribution < -0.4 is 5.32 Å². The molecule has 0 spiro atoms. The normalized spacial score (nSPS) is 10.8. The zero-order valence-corrected chi connectivity index (χ0v) is 12.1. The zero-order valence-electron chi connectivity index (χ0n) is 11.3. The number of nitrogens with one attached hydrogen (secondary N) is 2. The van der Waals surface area contributed by atoms with Crippen LogP contribution in [0.1, 0.15) is 0 Å². The molecule has 0 saturated carbocycles. The van der Waals surface area contributed by atoms with E-state index in [9.17, 15) is 13.6 Å². The fraction of sp³-hybridized carbons (Fsp3) is 0.0667. The van der Waals surface area contributed by atoms with Crippen LogP contribution in [0, 0.1) is 11.6 Å². The van der Waals surface area contributed by atoms with Crippen LogP contribution >= 0.6 is 11.8 Å². The summed E-state index contributed by atoms with van der Waals surface area (Å²) in [6, 6.07) is 11.2. The van der Waals surface area contributed by atoms with Gasteiger partial charge in [-0.25, -0.2) is 13.8 Å². The minimum absolute atomic E-state index is 0.139. The number of carbonyl (C=O) groups excluding carboxylic acids is 1. The number of fused-ring (bicyclic) bond motifs is 1. The molecule has 3 aromatic rings. The number of aromatic amines is 1. The van der Waals surface area contributed by atoms with Crippen LogP contribution in [0.3, 0.4) is 0 Å². The van der Waals surface area contributed by atoms with Crippen molar-refractivity contribution in [3.8, 4) is 0 Å². The van der Waals surface area contributed by atoms with Crippen molar-refractivity contribution in [2.75, 3.05) is 11.1 Å². The summed E-state index contributed by atoms with van der Waals surface area (Å²) in [6.07, 6.45) is 0. The summed E-state index contributed by atoms with van der Waals surface area (Å²) in [6.45, 7) is 0. The van der Waals surface area contributed by atoms with Gasteiger partial charge in [0.25, 0.3) is 0 Å². The van der Waals surface area contributed by atoms with E-state index in [1.165, 1.54) is 0 Å². The van der Waals surface area contributed by atoms with Crippen molar-refractivity contribution in [3.63, 3.8) is 0 Å². The number of rotatable bonds is 4. The summed E-state index contributed by atoms with van der Waals surface area (Å²) >= 11 is 1.16. The van der Waals surface area contributed by atoms with Gasteiger partial charge in [0.1, 0.15) is 0 Å². The maximum atomic E-state index is 13.1. The summed E-state index contributed by atoms with van der Waals surface area (Å²) in [7, 11) is 0. The van der Waals surface area contributed by atoms with Crippen molar-refractivity contribution in [3.05, 3.63) is 54.1 Å². The Bertz CT molecular complexity index is 781. The van der Waals surface area contributed by atoms with Gasteiger partial charge in [-0.1, -0.05) is 30.0 Å². The second-order valence-corrected chi connectivity index (χ2v) is 5.49. The molecule has 1 aromatic heterocycles. The van der Waals surface area contributed by atoms with Crippen LogP contribution in [0.2, 0.25) is 0 Å². The number of H-pyrrole nitrogens is 1. The van der Waals surface area contributed by atoms with Gasteiger partial charge in [0.2, 0.25) is 5.91 Å². The molecule has 2 N–H and O–H groups in total. The first-order valence-corrected chi connectivity index (χ1v) is 7.43. The second-order valence-electron chi connectivity index (χ2n) is 4.53. The maximum absolute atomic E-state index is 13.1. The molecule has 1 amide bonds. The Kier molecular flexibility index (Phi) is 4.06. The monoisotopic (exact) mass is 319 g/mol. The second kappa shape index (κ2) is 6.15. The van der Waals surface area contributed by atoms with Crippen LogP contribution in [0.4, 0.5) is 14.5 Å². The molecule has 0 unspecified atom stereocenters. The molecule has 3 rings (SSSR count). The molecule has 2 aromatic carbocycles. The number of anilines is 1. The largest absolute Gasteiger partial charge is 0.333 e. The quantitative estimate of drug-likeness (QED) is 0.723. The Hall–Kier alpha value is -2.41. The van der Waals surface area contributed by atoms with Gasteiger partial charge in [-0.05, 0) is 12.1 Å². The van der Waals surface area contributed by atoms with Crippen molar-refractivity contribution in [2.45, 2.75) is 5.16 Å². The molecular formula is C15H11F2N3OS. The number of imidazole rings is 1. The summed E-state index contributed by atoms with van der Waals surface area (Å²) in [5.74, 6) is -1.93. The SMILES string of the molecule is O=C(CSc1nc2cc(F)c(F)cc2[nH]1)Nc1ccccc1. The number of hydrogen-bond acceptors (Lipinski definition) is 3. The van der Waals surface area contributed by atoms with E-state index >= 15 is 0 Å². The average Bonchev–Trinajstić information content (AvgIpc) is 2.88. The molecule has 0 aliphatic heterocycles. The van der Waals surface area contributed by atoms with Crippen molar-refractivity contribution >= 4 is 34.4 Å². The number of aromatic nitrogens is 2. The third-order valence-corrected chi connectivity index (χ3v) is 3.77. The number of nitrogens with zero attached hydrogens (tertiary/aromatic N) is 1. The number of benzene rings is 2. The highest BCUT2D eigenvalue weighted by atomic mass is 32.2. The predicted octanol–water partition coefficient (Wildman–Crippen LogP) is 3.57. The first-order valence-electron chi connectivity index (χ1n) is 6.44. The van der Waals surface area contributed by atoms with E-state index in [-0.39, 0.29) is 11.7 Å². The number of thioether (sulfide) groups is 1. The third kappa shape index (κ3) is 3.25. The summed E-state index contributed by atoms with van der Waals surface area (Å²) in [5.41, 5.74) is 1.43. The van der Waals surface area contributed by atoms with E-state index in [1.807, 2.05) is 18.2 Å². The Balaban J connectivity index is 1.65. The molecule has 112 valence electrons. The van der Waals surface area contributed by atoms with Gasteiger partial charge >= 0.3 is 0 Å². The van der Waals surface area contributed by atoms with E-state index in [0.717, 1.165) is 23.9 Å². The topological polar surface area (TPSA) is 57.8 Å². The van der Waals surface area contributed by atoms with Gasteiger partial charge in [-0.15, -0.1) is 0 Å². The molecule has 0 aliphatic rings. The summed E-state index contributed by atoms with van der Waals surface area (Å²) in [4.78, 5) is 18.8. The summed E-state index contributed by atoms with van der Waals surface area (Å²) in [5, 5.41) is 3.18. The first-order chi connectivity index (χ1) is 10.6. The Morgan fingerprint density at radius 2 is 1.91 bits per heavy atom. The van der Waals surface area contributed by atoms with E-state index in [2.05, 4.69) is 15.3 Å². The lowest BCUT2D eigenvalue weighted by molar-refractivity contribution is -0.113. The molecule has 0 aliphatic carbocycles. The molecule has 4 nitrogen and oxygen atoms in total. The molecule has 1 heterocycles. The number of hydrogen-bond donors (Lipinski definition) is 2. The molecule has 7 heteroatoms. The molecule has 0 bridgehead atoms. The van der Waals surface area contributed by atoms with Gasteiger partial charge in [0.15, 0.2) is 16.8 Å². The zero-order chi connectivity index (χ0) is 15.5. The minimum Gasteiger partial charge on any atom is -0.333 e. The highest BCUT2D eigenvalue weighted by Gasteiger charge is 2.10. The highest BCUT2D eigenvalue weighted by Crippen LogP contribution is 2.21. The Labute approximate surface area is 128 Å². The van der Waals surface area contributed by atoms with Crippen LogP contribution in [-0.2, 0) is 4.79 Å².